The van der Waals surface area contributed by atoms with E-state index >= 15 is 0 Å². The second-order valence-electron chi connectivity index (χ2n) is 7.40. The number of benzene rings is 2. The van der Waals surface area contributed by atoms with Crippen molar-refractivity contribution in [3.8, 4) is 11.5 Å². The van der Waals surface area contributed by atoms with Crippen molar-refractivity contribution < 1.29 is 19.1 Å². The Balaban J connectivity index is 1.65. The first-order valence-electron chi connectivity index (χ1n) is 10.2. The van der Waals surface area contributed by atoms with Crippen molar-refractivity contribution in [2.75, 3.05) is 14.2 Å². The van der Waals surface area contributed by atoms with Crippen LogP contribution in [0.1, 0.15) is 54.1 Å². The minimum atomic E-state index is 0.00992. The highest BCUT2D eigenvalue weighted by Gasteiger charge is 2.33. The average Bonchev–Trinajstić information content (AvgIpc) is 3.60. The molecule has 5 nitrogen and oxygen atoms in total. The highest BCUT2D eigenvalue weighted by atomic mass is 16.5. The largest absolute Gasteiger partial charge is 0.497 e. The van der Waals surface area contributed by atoms with Crippen LogP contribution in [-0.4, -0.2) is 36.9 Å². The number of amides is 1. The molecule has 0 saturated heterocycles. The zero-order valence-corrected chi connectivity index (χ0v) is 17.4. The van der Waals surface area contributed by atoms with Crippen molar-refractivity contribution in [3.63, 3.8) is 0 Å². The topological polar surface area (TPSA) is 55.8 Å². The van der Waals surface area contributed by atoms with Gasteiger partial charge in [-0.25, -0.2) is 0 Å². The highest BCUT2D eigenvalue weighted by Crippen LogP contribution is 2.32. The molecule has 2 aromatic carbocycles. The van der Waals surface area contributed by atoms with Gasteiger partial charge in [0, 0.05) is 36.6 Å². The molecule has 1 aliphatic rings. The zero-order valence-electron chi connectivity index (χ0n) is 17.4. The summed E-state index contributed by atoms with van der Waals surface area (Å²) in [7, 11) is 3.24. The summed E-state index contributed by atoms with van der Waals surface area (Å²) in [5.74, 6) is 1.48. The third-order valence-corrected chi connectivity index (χ3v) is 5.39. The van der Waals surface area contributed by atoms with Gasteiger partial charge in [-0.2, -0.15) is 0 Å². The van der Waals surface area contributed by atoms with Gasteiger partial charge in [-0.1, -0.05) is 31.2 Å². The van der Waals surface area contributed by atoms with Crippen molar-refractivity contribution in [1.82, 2.24) is 4.90 Å². The van der Waals surface area contributed by atoms with Crippen LogP contribution in [0.25, 0.3) is 0 Å². The Morgan fingerprint density at radius 3 is 2.31 bits per heavy atom. The van der Waals surface area contributed by atoms with E-state index in [1.165, 1.54) is 5.56 Å². The lowest BCUT2D eigenvalue weighted by Gasteiger charge is -2.24. The summed E-state index contributed by atoms with van der Waals surface area (Å²) in [5.41, 5.74) is 2.78. The number of hydrogen-bond donors (Lipinski definition) is 0. The molecule has 0 bridgehead atoms. The van der Waals surface area contributed by atoms with Crippen molar-refractivity contribution >= 4 is 11.7 Å². The van der Waals surface area contributed by atoms with Crippen molar-refractivity contribution in [2.24, 2.45) is 0 Å². The van der Waals surface area contributed by atoms with Crippen LogP contribution in [0.3, 0.4) is 0 Å². The molecule has 1 aliphatic carbocycles. The second kappa shape index (κ2) is 9.59. The van der Waals surface area contributed by atoms with Gasteiger partial charge < -0.3 is 14.4 Å². The van der Waals surface area contributed by atoms with Crippen LogP contribution in [0.5, 0.6) is 11.5 Å². The molecule has 2 aromatic rings. The number of ketones is 1. The normalized spacial score (nSPS) is 13.1. The summed E-state index contributed by atoms with van der Waals surface area (Å²) in [5, 5.41) is 0. The van der Waals surface area contributed by atoms with Crippen LogP contribution in [0.15, 0.2) is 42.5 Å². The quantitative estimate of drug-likeness (QED) is 0.559. The minimum absolute atomic E-state index is 0.00992. The first kappa shape index (κ1) is 20.9. The van der Waals surface area contributed by atoms with E-state index in [4.69, 9.17) is 9.47 Å². The summed E-state index contributed by atoms with van der Waals surface area (Å²) in [6.07, 6.45) is 3.39. The fourth-order valence-electron chi connectivity index (χ4n) is 3.43. The molecule has 0 aromatic heterocycles. The fraction of sp³-hybridized carbons (Fsp3) is 0.417. The molecule has 0 atom stereocenters. The highest BCUT2D eigenvalue weighted by molar-refractivity contribution is 5.98. The van der Waals surface area contributed by atoms with Crippen LogP contribution in [0, 0.1) is 0 Å². The number of rotatable bonds is 10. The molecule has 5 heteroatoms. The Morgan fingerprint density at radius 2 is 1.72 bits per heavy atom. The molecule has 0 N–H and O–H groups in total. The van der Waals surface area contributed by atoms with Crippen LogP contribution >= 0.6 is 0 Å². The van der Waals surface area contributed by atoms with Crippen molar-refractivity contribution in [1.29, 1.82) is 0 Å². The molecule has 1 fully saturated rings. The minimum Gasteiger partial charge on any atom is -0.497 e. The summed E-state index contributed by atoms with van der Waals surface area (Å²) < 4.78 is 10.8. The van der Waals surface area contributed by atoms with E-state index in [0.29, 0.717) is 12.1 Å². The van der Waals surface area contributed by atoms with Crippen LogP contribution in [0.4, 0.5) is 0 Å². The summed E-state index contributed by atoms with van der Waals surface area (Å²) in [4.78, 5) is 27.3. The van der Waals surface area contributed by atoms with Gasteiger partial charge in [0.15, 0.2) is 5.78 Å². The number of nitrogens with zero attached hydrogens (tertiary/aromatic N) is 1. The molecular weight excluding hydrogens is 366 g/mol. The molecule has 1 saturated carbocycles. The first-order chi connectivity index (χ1) is 14.0. The fourth-order valence-corrected chi connectivity index (χ4v) is 3.43. The van der Waals surface area contributed by atoms with Gasteiger partial charge in [-0.15, -0.1) is 0 Å². The van der Waals surface area contributed by atoms with Crippen LogP contribution < -0.4 is 9.47 Å². The van der Waals surface area contributed by atoms with Crippen LogP contribution in [0.2, 0.25) is 0 Å². The number of ether oxygens (including phenoxy) is 2. The molecule has 0 spiro atoms. The monoisotopic (exact) mass is 395 g/mol. The molecular formula is C24H29NO4. The van der Waals surface area contributed by atoms with E-state index in [9.17, 15) is 9.59 Å². The van der Waals surface area contributed by atoms with E-state index in [0.717, 1.165) is 36.3 Å². The van der Waals surface area contributed by atoms with Gasteiger partial charge in [0.1, 0.15) is 11.5 Å². The SMILES string of the molecule is CCc1ccc(C(=O)CCC(=O)N(Cc2cc(OC)ccc2OC)C2CC2)cc1. The van der Waals surface area contributed by atoms with E-state index in [2.05, 4.69) is 6.92 Å². The lowest BCUT2D eigenvalue weighted by atomic mass is 10.0. The zero-order chi connectivity index (χ0) is 20.8. The maximum atomic E-state index is 12.9. The number of Topliss-reactive ketones (excluding diaryl/α,β-unsaturated/α-hetero) is 1. The van der Waals surface area contributed by atoms with Crippen molar-refractivity contribution in [3.05, 3.63) is 59.2 Å². The molecule has 29 heavy (non-hydrogen) atoms. The van der Waals surface area contributed by atoms with Crippen molar-refractivity contribution in [2.45, 2.75) is 51.6 Å². The van der Waals surface area contributed by atoms with E-state index < -0.39 is 0 Å². The van der Waals surface area contributed by atoms with Crippen LogP contribution in [-0.2, 0) is 17.8 Å². The van der Waals surface area contributed by atoms with E-state index in [1.54, 1.807) is 14.2 Å². The predicted octanol–water partition coefficient (Wildman–Crippen LogP) is 4.42. The summed E-state index contributed by atoms with van der Waals surface area (Å²) in [6, 6.07) is 13.5. The van der Waals surface area contributed by atoms with E-state index in [1.807, 2.05) is 47.4 Å². The number of carbonyl (C=O) groups is 2. The van der Waals surface area contributed by atoms with Gasteiger partial charge >= 0.3 is 0 Å². The standard InChI is InChI=1S/C24H29NO4/c1-4-17-5-7-18(8-6-17)22(26)12-14-24(27)25(20-9-10-20)16-19-15-21(28-2)11-13-23(19)29-3/h5-8,11,13,15,20H,4,9-10,12,14,16H2,1-3H3. The number of hydrogen-bond acceptors (Lipinski definition) is 4. The third kappa shape index (κ3) is 5.37. The average molecular weight is 395 g/mol. The Labute approximate surface area is 172 Å². The number of aryl methyl sites for hydroxylation is 1. The Kier molecular flexibility index (Phi) is 6.91. The predicted molar refractivity (Wildman–Crippen MR) is 113 cm³/mol. The lowest BCUT2D eigenvalue weighted by Crippen LogP contribution is -2.33. The smallest absolute Gasteiger partial charge is 0.223 e. The lowest BCUT2D eigenvalue weighted by molar-refractivity contribution is -0.132. The molecule has 0 heterocycles. The summed E-state index contributed by atoms with van der Waals surface area (Å²) in [6.45, 7) is 2.54. The number of methoxy groups -OCH3 is 2. The molecule has 1 amide bonds. The Bertz CT molecular complexity index is 856. The van der Waals surface area contributed by atoms with E-state index in [-0.39, 0.29) is 30.6 Å². The van der Waals surface area contributed by atoms with Gasteiger partial charge in [-0.05, 0) is 43.0 Å². The molecule has 154 valence electrons. The second-order valence-corrected chi connectivity index (χ2v) is 7.40. The van der Waals surface area contributed by atoms with Gasteiger partial charge in [0.05, 0.1) is 14.2 Å². The molecule has 0 radical (unpaired) electrons. The van der Waals surface area contributed by atoms with Gasteiger partial charge in [0.25, 0.3) is 0 Å². The third-order valence-electron chi connectivity index (χ3n) is 5.39. The number of carbonyl (C=O) groups excluding carboxylic acids is 2. The Hall–Kier alpha value is -2.82. The first-order valence-corrected chi connectivity index (χ1v) is 10.2. The van der Waals surface area contributed by atoms with Gasteiger partial charge in [0.2, 0.25) is 5.91 Å². The molecule has 0 unspecified atom stereocenters. The molecule has 0 aliphatic heterocycles. The Morgan fingerprint density at radius 1 is 1.00 bits per heavy atom. The summed E-state index contributed by atoms with van der Waals surface area (Å²) >= 11 is 0. The maximum Gasteiger partial charge on any atom is 0.223 e. The maximum absolute atomic E-state index is 12.9. The van der Waals surface area contributed by atoms with Gasteiger partial charge in [-0.3, -0.25) is 9.59 Å². The molecule has 3 rings (SSSR count).